The summed E-state index contributed by atoms with van der Waals surface area (Å²) < 4.78 is 5.56. The van der Waals surface area contributed by atoms with Crippen LogP contribution in [-0.2, 0) is 4.53 Å². The third-order valence-electron chi connectivity index (χ3n) is 2.35. The van der Waals surface area contributed by atoms with Crippen LogP contribution in [0.2, 0.25) is 18.1 Å². The van der Waals surface area contributed by atoms with Gasteiger partial charge in [-0.1, -0.05) is 20.8 Å². The molecule has 0 aliphatic heterocycles. The molecular weight excluding hydrogens is 170 g/mol. The predicted octanol–water partition coefficient (Wildman–Crippen LogP) is 1.51. The highest BCUT2D eigenvalue weighted by molar-refractivity contribution is 6.74. The Hall–Kier alpha value is 0.0969. The second kappa shape index (κ2) is 4.37. The fourth-order valence-corrected chi connectivity index (χ4v) is 1.20. The molecule has 74 valence electrons. The van der Waals surface area contributed by atoms with Crippen molar-refractivity contribution in [2.75, 3.05) is 13.2 Å². The van der Waals surface area contributed by atoms with Crippen LogP contribution < -0.4 is 5.48 Å². The van der Waals surface area contributed by atoms with Crippen LogP contribution in [0.1, 0.15) is 20.8 Å². The molecule has 0 aromatic heterocycles. The van der Waals surface area contributed by atoms with Gasteiger partial charge in [0, 0.05) is 6.54 Å². The van der Waals surface area contributed by atoms with Gasteiger partial charge >= 0.3 is 0 Å². The molecular formula is C8H21NO2Si. The van der Waals surface area contributed by atoms with Gasteiger partial charge in [-0.05, 0) is 18.1 Å². The molecule has 0 atom stereocenters. The fourth-order valence-electron chi connectivity index (χ4n) is 0.430. The maximum atomic E-state index is 8.54. The molecule has 0 saturated carbocycles. The number of hydroxylamine groups is 1. The molecule has 0 aromatic carbocycles. The number of rotatable bonds is 4. The molecule has 0 saturated heterocycles. The number of nitrogens with one attached hydrogen (secondary N) is 1. The van der Waals surface area contributed by atoms with E-state index < -0.39 is 8.32 Å². The van der Waals surface area contributed by atoms with Gasteiger partial charge in [0.2, 0.25) is 8.32 Å². The van der Waals surface area contributed by atoms with E-state index in [1.54, 1.807) is 0 Å². The van der Waals surface area contributed by atoms with Crippen molar-refractivity contribution in [3.05, 3.63) is 0 Å². The molecule has 0 rings (SSSR count). The molecule has 2 N–H and O–H groups in total. The largest absolute Gasteiger partial charge is 0.395 e. The number of aliphatic hydroxyl groups is 1. The quantitative estimate of drug-likeness (QED) is 0.402. The highest BCUT2D eigenvalue weighted by Gasteiger charge is 2.37. The van der Waals surface area contributed by atoms with Crippen molar-refractivity contribution in [3.63, 3.8) is 0 Å². The number of hydrogen-bond donors (Lipinski definition) is 2. The summed E-state index contributed by atoms with van der Waals surface area (Å²) in [5.41, 5.74) is 2.79. The van der Waals surface area contributed by atoms with Crippen LogP contribution in [0.5, 0.6) is 0 Å². The summed E-state index contributed by atoms with van der Waals surface area (Å²) in [4.78, 5) is 0. The van der Waals surface area contributed by atoms with Gasteiger partial charge in [-0.2, -0.15) is 0 Å². The lowest BCUT2D eigenvalue weighted by atomic mass is 10.2. The first-order valence-corrected chi connectivity index (χ1v) is 7.24. The molecule has 0 heterocycles. The Morgan fingerprint density at radius 2 is 1.83 bits per heavy atom. The predicted molar refractivity (Wildman–Crippen MR) is 53.4 cm³/mol. The second-order valence-corrected chi connectivity index (χ2v) is 9.21. The minimum absolute atomic E-state index is 0.120. The minimum atomic E-state index is -1.66. The van der Waals surface area contributed by atoms with Gasteiger partial charge in [0.1, 0.15) is 0 Å². The Balaban J connectivity index is 3.88. The van der Waals surface area contributed by atoms with Crippen LogP contribution in [-0.4, -0.2) is 26.6 Å². The summed E-state index contributed by atoms with van der Waals surface area (Å²) in [5.74, 6) is 0. The minimum Gasteiger partial charge on any atom is -0.395 e. The van der Waals surface area contributed by atoms with Gasteiger partial charge < -0.3 is 9.63 Å². The van der Waals surface area contributed by atoms with E-state index in [1.165, 1.54) is 0 Å². The van der Waals surface area contributed by atoms with E-state index in [4.69, 9.17) is 9.63 Å². The SMILES string of the molecule is CC(C)(C)[Si](C)(C)ONCCO. The fraction of sp³-hybridized carbons (Fsp3) is 1.00. The van der Waals surface area contributed by atoms with E-state index in [9.17, 15) is 0 Å². The summed E-state index contributed by atoms with van der Waals surface area (Å²) in [6.07, 6.45) is 0. The van der Waals surface area contributed by atoms with Gasteiger partial charge in [0.15, 0.2) is 0 Å². The zero-order valence-electron chi connectivity index (χ0n) is 8.77. The van der Waals surface area contributed by atoms with Crippen molar-refractivity contribution in [2.45, 2.75) is 38.9 Å². The van der Waals surface area contributed by atoms with Crippen molar-refractivity contribution >= 4 is 8.32 Å². The van der Waals surface area contributed by atoms with Crippen molar-refractivity contribution in [3.8, 4) is 0 Å². The number of aliphatic hydroxyl groups excluding tert-OH is 1. The molecule has 0 unspecified atom stereocenters. The van der Waals surface area contributed by atoms with E-state index in [-0.39, 0.29) is 11.6 Å². The first-order chi connectivity index (χ1) is 5.31. The highest BCUT2D eigenvalue weighted by atomic mass is 28.4. The third kappa shape index (κ3) is 3.67. The maximum absolute atomic E-state index is 8.54. The van der Waals surface area contributed by atoms with Gasteiger partial charge in [-0.3, -0.25) is 0 Å². The Bertz CT molecular complexity index is 132. The lowest BCUT2D eigenvalue weighted by Crippen LogP contribution is -2.45. The van der Waals surface area contributed by atoms with Crippen LogP contribution in [0, 0.1) is 0 Å². The molecule has 0 radical (unpaired) electrons. The molecule has 0 aromatic rings. The third-order valence-corrected chi connectivity index (χ3v) is 6.61. The monoisotopic (exact) mass is 191 g/mol. The Kier molecular flexibility index (Phi) is 4.40. The van der Waals surface area contributed by atoms with Crippen molar-refractivity contribution < 1.29 is 9.63 Å². The summed E-state index contributed by atoms with van der Waals surface area (Å²) in [6.45, 7) is 11.5. The summed E-state index contributed by atoms with van der Waals surface area (Å²) in [6, 6.07) is 0. The lowest BCUT2D eigenvalue weighted by Gasteiger charge is -2.35. The van der Waals surface area contributed by atoms with Crippen LogP contribution in [0.25, 0.3) is 0 Å². The van der Waals surface area contributed by atoms with Gasteiger partial charge in [0.25, 0.3) is 0 Å². The molecule has 0 amide bonds. The molecule has 4 heteroatoms. The smallest absolute Gasteiger partial charge is 0.219 e. The zero-order valence-corrected chi connectivity index (χ0v) is 9.77. The van der Waals surface area contributed by atoms with Gasteiger partial charge in [-0.25, -0.2) is 5.48 Å². The van der Waals surface area contributed by atoms with Gasteiger partial charge in [-0.15, -0.1) is 0 Å². The van der Waals surface area contributed by atoms with Crippen molar-refractivity contribution in [1.29, 1.82) is 0 Å². The van der Waals surface area contributed by atoms with Crippen LogP contribution >= 0.6 is 0 Å². The molecule has 0 aliphatic carbocycles. The zero-order chi connectivity index (χ0) is 9.83. The molecule has 0 aliphatic rings. The lowest BCUT2D eigenvalue weighted by molar-refractivity contribution is 0.147. The van der Waals surface area contributed by atoms with E-state index in [0.717, 1.165) is 0 Å². The van der Waals surface area contributed by atoms with E-state index >= 15 is 0 Å². The van der Waals surface area contributed by atoms with Crippen LogP contribution in [0.15, 0.2) is 0 Å². The van der Waals surface area contributed by atoms with E-state index in [0.29, 0.717) is 6.54 Å². The summed E-state index contributed by atoms with van der Waals surface area (Å²) >= 11 is 0. The average molecular weight is 191 g/mol. The topological polar surface area (TPSA) is 41.5 Å². The standard InChI is InChI=1S/C8H21NO2Si/c1-8(2,3)12(4,5)11-9-6-7-10/h9-10H,6-7H2,1-5H3. The second-order valence-electron chi connectivity index (χ2n) is 4.48. The Morgan fingerprint density at radius 3 is 2.17 bits per heavy atom. The highest BCUT2D eigenvalue weighted by Crippen LogP contribution is 2.35. The van der Waals surface area contributed by atoms with Crippen molar-refractivity contribution in [2.24, 2.45) is 0 Å². The van der Waals surface area contributed by atoms with Gasteiger partial charge in [0.05, 0.1) is 6.61 Å². The molecule has 12 heavy (non-hydrogen) atoms. The van der Waals surface area contributed by atoms with Crippen molar-refractivity contribution in [1.82, 2.24) is 5.48 Å². The van der Waals surface area contributed by atoms with E-state index in [1.807, 2.05) is 0 Å². The van der Waals surface area contributed by atoms with E-state index in [2.05, 4.69) is 39.3 Å². The summed E-state index contributed by atoms with van der Waals surface area (Å²) in [5, 5.41) is 8.76. The first-order valence-electron chi connectivity index (χ1n) is 4.33. The Labute approximate surface area is 76.2 Å². The van der Waals surface area contributed by atoms with Crippen LogP contribution in [0.3, 0.4) is 0 Å². The average Bonchev–Trinajstić information content (AvgIpc) is 1.85. The van der Waals surface area contributed by atoms with Crippen LogP contribution in [0.4, 0.5) is 0 Å². The molecule has 0 bridgehead atoms. The molecule has 0 fully saturated rings. The normalized spacial score (nSPS) is 13.5. The Morgan fingerprint density at radius 1 is 1.33 bits per heavy atom. The number of hydrogen-bond acceptors (Lipinski definition) is 3. The maximum Gasteiger partial charge on any atom is 0.219 e. The summed E-state index contributed by atoms with van der Waals surface area (Å²) in [7, 11) is -1.66. The molecule has 0 spiro atoms. The first kappa shape index (κ1) is 12.1. The molecule has 3 nitrogen and oxygen atoms in total.